The molecule has 0 saturated heterocycles. The summed E-state index contributed by atoms with van der Waals surface area (Å²) in [5, 5.41) is 7.24. The van der Waals surface area contributed by atoms with E-state index in [1.807, 2.05) is 27.8 Å². The maximum atomic E-state index is 5.25. The maximum absolute atomic E-state index is 5.25. The van der Waals surface area contributed by atoms with Gasteiger partial charge in [-0.1, -0.05) is 0 Å². The van der Waals surface area contributed by atoms with Crippen molar-refractivity contribution in [2.75, 3.05) is 11.9 Å². The molecule has 0 aliphatic carbocycles. The molecule has 0 saturated carbocycles. The van der Waals surface area contributed by atoms with Crippen molar-refractivity contribution in [3.05, 3.63) is 0 Å². The Hall–Kier alpha value is -1.26. The van der Waals surface area contributed by atoms with Crippen molar-refractivity contribution in [2.24, 2.45) is 7.05 Å². The largest absolute Gasteiger partial charge is 0.464 e. The van der Waals surface area contributed by atoms with Crippen LogP contribution in [0.15, 0.2) is 0 Å². The Bertz CT molecular complexity index is 269. The minimum atomic E-state index is 0.330. The molecule has 5 nitrogen and oxygen atoms in total. The van der Waals surface area contributed by atoms with Gasteiger partial charge >= 0.3 is 6.01 Å². The van der Waals surface area contributed by atoms with E-state index in [9.17, 15) is 0 Å². The van der Waals surface area contributed by atoms with Crippen molar-refractivity contribution in [1.29, 1.82) is 0 Å². The smallest absolute Gasteiger partial charge is 0.316 e. The van der Waals surface area contributed by atoms with Gasteiger partial charge in [0.15, 0.2) is 0 Å². The summed E-state index contributed by atoms with van der Waals surface area (Å²) in [6.45, 7) is 6.60. The first-order valence-electron chi connectivity index (χ1n) is 4.43. The van der Waals surface area contributed by atoms with Gasteiger partial charge in [0.25, 0.3) is 0 Å². The van der Waals surface area contributed by atoms with Gasteiger partial charge in [-0.2, -0.15) is 4.98 Å². The average Bonchev–Trinajstić information content (AvgIpc) is 2.31. The zero-order chi connectivity index (χ0) is 9.84. The SMILES string of the molecule is CCOc1nc(NC(C)C)nn1C. The van der Waals surface area contributed by atoms with Crippen LogP contribution >= 0.6 is 0 Å². The zero-order valence-corrected chi connectivity index (χ0v) is 8.53. The molecule has 1 N–H and O–H groups in total. The van der Waals surface area contributed by atoms with Crippen molar-refractivity contribution in [1.82, 2.24) is 14.8 Å². The fourth-order valence-electron chi connectivity index (χ4n) is 0.944. The van der Waals surface area contributed by atoms with Crippen molar-refractivity contribution < 1.29 is 4.74 Å². The molecule has 0 spiro atoms. The first-order chi connectivity index (χ1) is 6.13. The first kappa shape index (κ1) is 9.83. The second-order valence-electron chi connectivity index (χ2n) is 3.07. The first-order valence-corrected chi connectivity index (χ1v) is 4.43. The van der Waals surface area contributed by atoms with Crippen LogP contribution < -0.4 is 10.1 Å². The van der Waals surface area contributed by atoms with E-state index in [4.69, 9.17) is 4.74 Å². The van der Waals surface area contributed by atoms with Crippen molar-refractivity contribution in [3.63, 3.8) is 0 Å². The molecular weight excluding hydrogens is 168 g/mol. The van der Waals surface area contributed by atoms with E-state index >= 15 is 0 Å². The molecular formula is C8H16N4O. The molecule has 1 aromatic rings. The van der Waals surface area contributed by atoms with Crippen LogP contribution in [0.5, 0.6) is 6.01 Å². The highest BCUT2D eigenvalue weighted by molar-refractivity contribution is 5.25. The van der Waals surface area contributed by atoms with E-state index in [-0.39, 0.29) is 0 Å². The highest BCUT2D eigenvalue weighted by atomic mass is 16.5. The van der Waals surface area contributed by atoms with Crippen molar-refractivity contribution in [2.45, 2.75) is 26.8 Å². The summed E-state index contributed by atoms with van der Waals surface area (Å²) < 4.78 is 6.87. The number of nitrogens with zero attached hydrogens (tertiary/aromatic N) is 3. The third-order valence-electron chi connectivity index (χ3n) is 1.41. The lowest BCUT2D eigenvalue weighted by molar-refractivity contribution is 0.297. The van der Waals surface area contributed by atoms with Crippen LogP contribution in [0.4, 0.5) is 5.95 Å². The number of anilines is 1. The summed E-state index contributed by atoms with van der Waals surface area (Å²) in [6, 6.07) is 0.877. The predicted molar refractivity (Wildman–Crippen MR) is 50.9 cm³/mol. The number of hydrogen-bond donors (Lipinski definition) is 1. The Balaban J connectivity index is 2.70. The summed E-state index contributed by atoms with van der Waals surface area (Å²) in [7, 11) is 1.81. The molecule has 13 heavy (non-hydrogen) atoms. The Kier molecular flexibility index (Phi) is 3.11. The topological polar surface area (TPSA) is 52.0 Å². The van der Waals surface area contributed by atoms with Gasteiger partial charge in [0.05, 0.1) is 6.61 Å². The molecule has 0 aliphatic heterocycles. The van der Waals surface area contributed by atoms with Gasteiger partial charge in [-0.05, 0) is 20.8 Å². The third-order valence-corrected chi connectivity index (χ3v) is 1.41. The van der Waals surface area contributed by atoms with Gasteiger partial charge in [-0.15, -0.1) is 5.10 Å². The molecule has 0 unspecified atom stereocenters. The molecule has 0 atom stereocenters. The van der Waals surface area contributed by atoms with E-state index in [0.717, 1.165) is 0 Å². The molecule has 0 aliphatic rings. The second-order valence-corrected chi connectivity index (χ2v) is 3.07. The van der Waals surface area contributed by atoms with Gasteiger partial charge in [0.1, 0.15) is 0 Å². The maximum Gasteiger partial charge on any atom is 0.316 e. The molecule has 74 valence electrons. The summed E-state index contributed by atoms with van der Waals surface area (Å²) in [4.78, 5) is 4.16. The van der Waals surface area contributed by atoms with Gasteiger partial charge < -0.3 is 10.1 Å². The summed E-state index contributed by atoms with van der Waals surface area (Å²) >= 11 is 0. The standard InChI is InChI=1S/C8H16N4O/c1-5-13-8-10-7(9-6(2)3)11-12(8)4/h6H,5H2,1-4H3,(H,9,11). The Labute approximate surface area is 78.1 Å². The number of rotatable bonds is 4. The molecule has 0 aromatic carbocycles. The normalized spacial score (nSPS) is 10.5. The van der Waals surface area contributed by atoms with E-state index in [1.165, 1.54) is 0 Å². The number of aromatic nitrogens is 3. The van der Waals surface area contributed by atoms with Crippen LogP contribution in [0.1, 0.15) is 20.8 Å². The van der Waals surface area contributed by atoms with Gasteiger partial charge in [0, 0.05) is 13.1 Å². The highest BCUT2D eigenvalue weighted by Gasteiger charge is 2.07. The van der Waals surface area contributed by atoms with Gasteiger partial charge in [-0.3, -0.25) is 0 Å². The lowest BCUT2D eigenvalue weighted by Crippen LogP contribution is -2.11. The van der Waals surface area contributed by atoms with Crippen LogP contribution in [-0.4, -0.2) is 27.4 Å². The monoisotopic (exact) mass is 184 g/mol. The number of ether oxygens (including phenoxy) is 1. The van der Waals surface area contributed by atoms with E-state index in [0.29, 0.717) is 24.6 Å². The minimum absolute atomic E-state index is 0.330. The van der Waals surface area contributed by atoms with Crippen LogP contribution in [0.2, 0.25) is 0 Å². The number of nitrogens with one attached hydrogen (secondary N) is 1. The molecule has 0 bridgehead atoms. The molecule has 0 amide bonds. The van der Waals surface area contributed by atoms with E-state index in [1.54, 1.807) is 4.68 Å². The summed E-state index contributed by atoms with van der Waals surface area (Å²) in [5.41, 5.74) is 0. The third kappa shape index (κ3) is 2.61. The fraction of sp³-hybridized carbons (Fsp3) is 0.750. The Morgan fingerprint density at radius 1 is 1.54 bits per heavy atom. The lowest BCUT2D eigenvalue weighted by atomic mass is 10.4. The predicted octanol–water partition coefficient (Wildman–Crippen LogP) is 1.03. The molecule has 0 fully saturated rings. The van der Waals surface area contributed by atoms with Crippen LogP contribution in [-0.2, 0) is 7.05 Å². The summed E-state index contributed by atoms with van der Waals surface area (Å²) in [6.07, 6.45) is 0. The average molecular weight is 184 g/mol. The van der Waals surface area contributed by atoms with Crippen LogP contribution in [0, 0.1) is 0 Å². The van der Waals surface area contributed by atoms with Gasteiger partial charge in [-0.25, -0.2) is 4.68 Å². The Morgan fingerprint density at radius 3 is 2.77 bits per heavy atom. The van der Waals surface area contributed by atoms with E-state index < -0.39 is 0 Å². The molecule has 0 radical (unpaired) electrons. The minimum Gasteiger partial charge on any atom is -0.464 e. The molecule has 1 rings (SSSR count). The molecule has 1 heterocycles. The second kappa shape index (κ2) is 4.11. The van der Waals surface area contributed by atoms with Gasteiger partial charge in [0.2, 0.25) is 5.95 Å². The lowest BCUT2D eigenvalue weighted by Gasteiger charge is -2.02. The Morgan fingerprint density at radius 2 is 2.23 bits per heavy atom. The highest BCUT2D eigenvalue weighted by Crippen LogP contribution is 2.09. The zero-order valence-electron chi connectivity index (χ0n) is 8.53. The van der Waals surface area contributed by atoms with E-state index in [2.05, 4.69) is 15.4 Å². The van der Waals surface area contributed by atoms with Crippen LogP contribution in [0.25, 0.3) is 0 Å². The quantitative estimate of drug-likeness (QED) is 0.759. The van der Waals surface area contributed by atoms with Crippen molar-refractivity contribution >= 4 is 5.95 Å². The molecule has 5 heteroatoms. The molecule has 1 aromatic heterocycles. The van der Waals surface area contributed by atoms with Crippen LogP contribution in [0.3, 0.4) is 0 Å². The number of aryl methyl sites for hydroxylation is 1. The summed E-state index contributed by atoms with van der Waals surface area (Å²) in [5.74, 6) is 0.612. The van der Waals surface area contributed by atoms with Crippen molar-refractivity contribution in [3.8, 4) is 6.01 Å². The fourth-order valence-corrected chi connectivity index (χ4v) is 0.944. The number of hydrogen-bond acceptors (Lipinski definition) is 4.